The Balaban J connectivity index is 0.00000176. The monoisotopic (exact) mass is 321 g/mol. The summed E-state index contributed by atoms with van der Waals surface area (Å²) < 4.78 is 5.09. The molecule has 0 aliphatic carbocycles. The van der Waals surface area contributed by atoms with Gasteiger partial charge in [-0.25, -0.2) is 0 Å². The predicted octanol–water partition coefficient (Wildman–Crippen LogP) is 2.28. The maximum atomic E-state index is 12.6. The van der Waals surface area contributed by atoms with E-state index >= 15 is 0 Å². The molecular formula is C16H20ClN3O2. The Morgan fingerprint density at radius 3 is 2.55 bits per heavy atom. The van der Waals surface area contributed by atoms with Gasteiger partial charge in [-0.2, -0.15) is 0 Å². The molecule has 6 heteroatoms. The van der Waals surface area contributed by atoms with Crippen molar-refractivity contribution >= 4 is 18.3 Å². The van der Waals surface area contributed by atoms with Crippen LogP contribution in [0.25, 0.3) is 0 Å². The van der Waals surface area contributed by atoms with Crippen LogP contribution in [-0.2, 0) is 0 Å². The second-order valence-electron chi connectivity index (χ2n) is 5.59. The number of hydrogen-bond donors (Lipinski definition) is 1. The number of aryl methyl sites for hydroxylation is 2. The molecule has 1 aliphatic heterocycles. The van der Waals surface area contributed by atoms with Gasteiger partial charge >= 0.3 is 0 Å². The SMILES string of the molecule is Cc1noc(C)c1C(=O)N1C[C@@H](N)[C@H](c2ccccc2)C1.Cl. The largest absolute Gasteiger partial charge is 0.361 e. The van der Waals surface area contributed by atoms with Crippen molar-refractivity contribution in [1.29, 1.82) is 0 Å². The molecule has 5 nitrogen and oxygen atoms in total. The van der Waals surface area contributed by atoms with Crippen molar-refractivity contribution in [2.75, 3.05) is 13.1 Å². The zero-order chi connectivity index (χ0) is 15.0. The average Bonchev–Trinajstić information content (AvgIpc) is 3.03. The fourth-order valence-electron chi connectivity index (χ4n) is 2.99. The van der Waals surface area contributed by atoms with Gasteiger partial charge in [-0.3, -0.25) is 4.79 Å². The summed E-state index contributed by atoms with van der Waals surface area (Å²) in [6.07, 6.45) is 0. The van der Waals surface area contributed by atoms with Crippen LogP contribution in [0, 0.1) is 13.8 Å². The molecule has 1 saturated heterocycles. The molecule has 2 aromatic rings. The molecule has 22 heavy (non-hydrogen) atoms. The fourth-order valence-corrected chi connectivity index (χ4v) is 2.99. The van der Waals surface area contributed by atoms with Crippen molar-refractivity contribution in [3.8, 4) is 0 Å². The summed E-state index contributed by atoms with van der Waals surface area (Å²) >= 11 is 0. The summed E-state index contributed by atoms with van der Waals surface area (Å²) in [5.41, 5.74) is 8.61. The molecule has 0 bridgehead atoms. The van der Waals surface area contributed by atoms with E-state index in [0.717, 1.165) is 0 Å². The molecule has 0 unspecified atom stereocenters. The third-order valence-corrected chi connectivity index (χ3v) is 4.13. The van der Waals surface area contributed by atoms with Crippen LogP contribution in [0.5, 0.6) is 0 Å². The van der Waals surface area contributed by atoms with E-state index in [1.165, 1.54) is 5.56 Å². The summed E-state index contributed by atoms with van der Waals surface area (Å²) in [7, 11) is 0. The molecule has 1 aromatic heterocycles. The van der Waals surface area contributed by atoms with Crippen LogP contribution in [0.2, 0.25) is 0 Å². The van der Waals surface area contributed by atoms with E-state index in [2.05, 4.69) is 17.3 Å². The number of carbonyl (C=O) groups excluding carboxylic acids is 1. The Hall–Kier alpha value is -1.85. The van der Waals surface area contributed by atoms with Gasteiger partial charge in [0, 0.05) is 25.0 Å². The Morgan fingerprint density at radius 1 is 1.27 bits per heavy atom. The minimum atomic E-state index is -0.0446. The molecule has 1 aliphatic rings. The first kappa shape index (κ1) is 16.5. The second kappa shape index (κ2) is 6.50. The van der Waals surface area contributed by atoms with Crippen molar-refractivity contribution in [3.63, 3.8) is 0 Å². The third kappa shape index (κ3) is 2.87. The van der Waals surface area contributed by atoms with E-state index in [9.17, 15) is 4.79 Å². The van der Waals surface area contributed by atoms with Crippen molar-refractivity contribution < 1.29 is 9.32 Å². The van der Waals surface area contributed by atoms with E-state index in [0.29, 0.717) is 30.1 Å². The molecule has 2 N–H and O–H groups in total. The molecule has 1 aromatic carbocycles. The van der Waals surface area contributed by atoms with Gasteiger partial charge in [0.05, 0.1) is 5.69 Å². The van der Waals surface area contributed by atoms with Gasteiger partial charge in [-0.15, -0.1) is 12.4 Å². The molecule has 2 atom stereocenters. The Kier molecular flexibility index (Phi) is 4.88. The van der Waals surface area contributed by atoms with Crippen molar-refractivity contribution in [2.24, 2.45) is 5.73 Å². The number of halogens is 1. The van der Waals surface area contributed by atoms with Gasteiger partial charge in [0.15, 0.2) is 0 Å². The summed E-state index contributed by atoms with van der Waals surface area (Å²) in [5.74, 6) is 0.699. The molecule has 1 fully saturated rings. The fraction of sp³-hybridized carbons (Fsp3) is 0.375. The standard InChI is InChI=1S/C16H19N3O2.ClH/c1-10-15(11(2)21-18-10)16(20)19-8-13(14(17)9-19)12-6-4-3-5-7-12;/h3-7,13-14H,8-9,17H2,1-2H3;1H/t13-,14+;/m0./s1. The first-order valence-electron chi connectivity index (χ1n) is 7.10. The van der Waals surface area contributed by atoms with Gasteiger partial charge in [-0.1, -0.05) is 35.5 Å². The van der Waals surface area contributed by atoms with Crippen LogP contribution in [0.3, 0.4) is 0 Å². The molecule has 0 saturated carbocycles. The lowest BCUT2D eigenvalue weighted by Gasteiger charge is -2.16. The molecular weight excluding hydrogens is 302 g/mol. The number of rotatable bonds is 2. The zero-order valence-electron chi connectivity index (χ0n) is 12.7. The number of nitrogens with two attached hydrogens (primary N) is 1. The van der Waals surface area contributed by atoms with Gasteiger partial charge in [0.2, 0.25) is 0 Å². The number of benzene rings is 1. The smallest absolute Gasteiger partial charge is 0.259 e. The molecule has 2 heterocycles. The quantitative estimate of drug-likeness (QED) is 0.921. The van der Waals surface area contributed by atoms with E-state index in [1.54, 1.807) is 18.7 Å². The Labute approximate surface area is 135 Å². The maximum Gasteiger partial charge on any atom is 0.259 e. The highest BCUT2D eigenvalue weighted by Crippen LogP contribution is 2.28. The minimum Gasteiger partial charge on any atom is -0.361 e. The van der Waals surface area contributed by atoms with Crippen LogP contribution < -0.4 is 5.73 Å². The third-order valence-electron chi connectivity index (χ3n) is 4.13. The molecule has 0 spiro atoms. The van der Waals surface area contributed by atoms with Crippen LogP contribution in [0.1, 0.15) is 33.3 Å². The summed E-state index contributed by atoms with van der Waals surface area (Å²) in [5, 5.41) is 3.85. The molecule has 3 rings (SSSR count). The lowest BCUT2D eigenvalue weighted by Crippen LogP contribution is -2.32. The van der Waals surface area contributed by atoms with Crippen LogP contribution in [0.4, 0.5) is 0 Å². The molecule has 1 amide bonds. The lowest BCUT2D eigenvalue weighted by atomic mass is 9.95. The normalized spacial score (nSPS) is 20.8. The maximum absolute atomic E-state index is 12.6. The van der Waals surface area contributed by atoms with E-state index in [-0.39, 0.29) is 30.3 Å². The number of hydrogen-bond acceptors (Lipinski definition) is 4. The topological polar surface area (TPSA) is 72.4 Å². The number of amides is 1. The number of nitrogens with zero attached hydrogens (tertiary/aromatic N) is 2. The average molecular weight is 322 g/mol. The zero-order valence-corrected chi connectivity index (χ0v) is 13.5. The van der Waals surface area contributed by atoms with Gasteiger partial charge < -0.3 is 15.2 Å². The Bertz CT molecular complexity index is 637. The highest BCUT2D eigenvalue weighted by molar-refractivity contribution is 5.96. The number of carbonyl (C=O) groups is 1. The van der Waals surface area contributed by atoms with E-state index in [1.807, 2.05) is 18.2 Å². The van der Waals surface area contributed by atoms with Gasteiger partial charge in [0.1, 0.15) is 11.3 Å². The molecule has 118 valence electrons. The minimum absolute atomic E-state index is 0. The van der Waals surface area contributed by atoms with Gasteiger partial charge in [-0.05, 0) is 19.4 Å². The van der Waals surface area contributed by atoms with E-state index < -0.39 is 0 Å². The first-order chi connectivity index (χ1) is 10.1. The van der Waals surface area contributed by atoms with Crippen LogP contribution in [-0.4, -0.2) is 35.1 Å². The van der Waals surface area contributed by atoms with Crippen molar-refractivity contribution in [3.05, 3.63) is 52.9 Å². The first-order valence-corrected chi connectivity index (χ1v) is 7.10. The summed E-state index contributed by atoms with van der Waals surface area (Å²) in [4.78, 5) is 14.4. The van der Waals surface area contributed by atoms with Gasteiger partial charge in [0.25, 0.3) is 5.91 Å². The number of aromatic nitrogens is 1. The van der Waals surface area contributed by atoms with Crippen molar-refractivity contribution in [1.82, 2.24) is 10.1 Å². The lowest BCUT2D eigenvalue weighted by molar-refractivity contribution is 0.0787. The highest BCUT2D eigenvalue weighted by Gasteiger charge is 2.35. The van der Waals surface area contributed by atoms with E-state index in [4.69, 9.17) is 10.3 Å². The highest BCUT2D eigenvalue weighted by atomic mass is 35.5. The predicted molar refractivity (Wildman–Crippen MR) is 86.3 cm³/mol. The second-order valence-corrected chi connectivity index (χ2v) is 5.59. The van der Waals surface area contributed by atoms with Crippen LogP contribution in [0.15, 0.2) is 34.9 Å². The Morgan fingerprint density at radius 2 is 1.95 bits per heavy atom. The van der Waals surface area contributed by atoms with Crippen LogP contribution >= 0.6 is 12.4 Å². The molecule has 0 radical (unpaired) electrons. The van der Waals surface area contributed by atoms with Crippen molar-refractivity contribution in [2.45, 2.75) is 25.8 Å². The summed E-state index contributed by atoms with van der Waals surface area (Å²) in [6, 6.07) is 10.1. The number of likely N-dealkylation sites (tertiary alicyclic amines) is 1. The summed E-state index contributed by atoms with van der Waals surface area (Å²) in [6.45, 7) is 4.74.